The van der Waals surface area contributed by atoms with E-state index < -0.39 is 0 Å². The zero-order valence-corrected chi connectivity index (χ0v) is 15.6. The van der Waals surface area contributed by atoms with Crippen molar-refractivity contribution in [2.24, 2.45) is 0 Å². The maximum atomic E-state index is 13.1. The molecule has 0 spiro atoms. The third kappa shape index (κ3) is 3.33. The minimum atomic E-state index is -0.257. The molecule has 1 aliphatic rings. The fraction of sp³-hybridized carbons (Fsp3) is 0.211. The largest absolute Gasteiger partial charge is 0.497 e. The van der Waals surface area contributed by atoms with Crippen LogP contribution in [0.2, 0.25) is 5.02 Å². The first-order chi connectivity index (χ1) is 13.0. The Morgan fingerprint density at radius 3 is 2.93 bits per heavy atom. The first kappa shape index (κ1) is 17.4. The molecule has 4 rings (SSSR count). The third-order valence-corrected chi connectivity index (χ3v) is 4.49. The van der Waals surface area contributed by atoms with Crippen LogP contribution in [0.15, 0.2) is 48.7 Å². The lowest BCUT2D eigenvalue weighted by atomic mass is 10.1. The van der Waals surface area contributed by atoms with Crippen LogP contribution in [0, 0.1) is 0 Å². The molecule has 1 aromatic heterocycles. The smallest absolute Gasteiger partial charge is 0.280 e. The van der Waals surface area contributed by atoms with E-state index in [2.05, 4.69) is 10.3 Å². The third-order valence-electron chi connectivity index (χ3n) is 4.26. The van der Waals surface area contributed by atoms with E-state index >= 15 is 0 Å². The molecule has 0 radical (unpaired) electrons. The van der Waals surface area contributed by atoms with Crippen LogP contribution in [0.3, 0.4) is 0 Å². The highest BCUT2D eigenvalue weighted by atomic mass is 35.5. The summed E-state index contributed by atoms with van der Waals surface area (Å²) < 4.78 is 12.6. The van der Waals surface area contributed by atoms with E-state index in [1.165, 1.54) is 4.68 Å². The second-order valence-electron chi connectivity index (χ2n) is 6.21. The molecular weight excluding hydrogens is 368 g/mol. The number of carbonyl (C=O) groups is 1. The molecule has 0 N–H and O–H groups in total. The fourth-order valence-corrected chi connectivity index (χ4v) is 3.17. The number of amides is 1. The molecule has 1 amide bonds. The van der Waals surface area contributed by atoms with Gasteiger partial charge < -0.3 is 9.47 Å². The molecule has 1 aliphatic heterocycles. The maximum Gasteiger partial charge on any atom is 0.280 e. The average Bonchev–Trinajstić information content (AvgIpc) is 3.16. The Hall–Kier alpha value is -3.06. The van der Waals surface area contributed by atoms with Crippen LogP contribution in [0.25, 0.3) is 5.69 Å². The number of anilines is 1. The van der Waals surface area contributed by atoms with Crippen molar-refractivity contribution < 1.29 is 14.3 Å². The van der Waals surface area contributed by atoms with Crippen LogP contribution in [0.4, 0.5) is 5.69 Å². The monoisotopic (exact) mass is 384 g/mol. The number of carbonyl (C=O) groups excluding carboxylic acids is 1. The molecule has 0 saturated heterocycles. The first-order valence-electron chi connectivity index (χ1n) is 8.40. The molecule has 138 valence electrons. The van der Waals surface area contributed by atoms with E-state index in [1.54, 1.807) is 48.5 Å². The van der Waals surface area contributed by atoms with Crippen molar-refractivity contribution in [3.8, 4) is 17.2 Å². The average molecular weight is 385 g/mol. The van der Waals surface area contributed by atoms with Gasteiger partial charge >= 0.3 is 0 Å². The Kier molecular flexibility index (Phi) is 4.45. The standard InChI is InChI=1S/C19H17ClN4O3/c1-12-10-23(17-9-15(26-2)6-7-18(17)27-12)19(25)16-11-24(22-21-16)14-5-3-4-13(20)8-14/h3-9,11-12H,10H2,1-2H3/t12-/m1/s1. The molecule has 0 unspecified atom stereocenters. The van der Waals surface area contributed by atoms with Gasteiger partial charge in [0.05, 0.1) is 31.2 Å². The van der Waals surface area contributed by atoms with Crippen LogP contribution in [0.1, 0.15) is 17.4 Å². The van der Waals surface area contributed by atoms with Crippen LogP contribution in [-0.4, -0.2) is 40.7 Å². The number of nitrogens with zero attached hydrogens (tertiary/aromatic N) is 4. The molecule has 27 heavy (non-hydrogen) atoms. The summed E-state index contributed by atoms with van der Waals surface area (Å²) in [4.78, 5) is 14.7. The SMILES string of the molecule is COc1ccc2c(c1)N(C(=O)c1cn(-c3cccc(Cl)c3)nn1)C[C@@H](C)O2. The second-order valence-corrected chi connectivity index (χ2v) is 6.64. The van der Waals surface area contributed by atoms with Crippen molar-refractivity contribution in [2.45, 2.75) is 13.0 Å². The highest BCUT2D eigenvalue weighted by molar-refractivity contribution is 6.30. The van der Waals surface area contributed by atoms with E-state index in [0.29, 0.717) is 28.8 Å². The van der Waals surface area contributed by atoms with Gasteiger partial charge in [0.15, 0.2) is 5.69 Å². The number of aromatic nitrogens is 3. The van der Waals surface area contributed by atoms with E-state index in [-0.39, 0.29) is 17.7 Å². The summed E-state index contributed by atoms with van der Waals surface area (Å²) in [5.74, 6) is 1.02. The van der Waals surface area contributed by atoms with Gasteiger partial charge in [-0.25, -0.2) is 4.68 Å². The van der Waals surface area contributed by atoms with Crippen molar-refractivity contribution in [1.82, 2.24) is 15.0 Å². The predicted octanol–water partition coefficient (Wildman–Crippen LogP) is 3.36. The molecule has 8 heteroatoms. The molecule has 3 aromatic rings. The zero-order chi connectivity index (χ0) is 19.0. The second kappa shape index (κ2) is 6.92. The molecule has 0 bridgehead atoms. The van der Waals surface area contributed by atoms with Gasteiger partial charge in [0.25, 0.3) is 5.91 Å². The Bertz CT molecular complexity index is 1000. The van der Waals surface area contributed by atoms with E-state index in [9.17, 15) is 4.79 Å². The summed E-state index contributed by atoms with van der Waals surface area (Å²) in [6.45, 7) is 2.32. The Morgan fingerprint density at radius 1 is 1.30 bits per heavy atom. The summed E-state index contributed by atoms with van der Waals surface area (Å²) in [6.07, 6.45) is 1.45. The lowest BCUT2D eigenvalue weighted by molar-refractivity contribution is 0.0956. The van der Waals surface area contributed by atoms with Crippen LogP contribution < -0.4 is 14.4 Å². The van der Waals surface area contributed by atoms with E-state index in [4.69, 9.17) is 21.1 Å². The van der Waals surface area contributed by atoms with Crippen LogP contribution in [-0.2, 0) is 0 Å². The molecule has 0 fully saturated rings. The molecule has 1 atom stereocenters. The number of hydrogen-bond acceptors (Lipinski definition) is 5. The van der Waals surface area contributed by atoms with Gasteiger partial charge in [-0.05, 0) is 37.3 Å². The Morgan fingerprint density at radius 2 is 2.15 bits per heavy atom. The Labute approximate surface area is 161 Å². The lowest BCUT2D eigenvalue weighted by Crippen LogP contribution is -2.42. The van der Waals surface area contributed by atoms with E-state index in [1.807, 2.05) is 19.1 Å². The van der Waals surface area contributed by atoms with Gasteiger partial charge in [-0.1, -0.05) is 22.9 Å². The number of hydrogen-bond donors (Lipinski definition) is 0. The van der Waals surface area contributed by atoms with Gasteiger partial charge in [-0.3, -0.25) is 9.69 Å². The molecule has 0 saturated carbocycles. The molecule has 2 heterocycles. The minimum Gasteiger partial charge on any atom is -0.497 e. The van der Waals surface area contributed by atoms with Crippen molar-refractivity contribution >= 4 is 23.2 Å². The van der Waals surface area contributed by atoms with Crippen molar-refractivity contribution in [3.63, 3.8) is 0 Å². The van der Waals surface area contributed by atoms with Crippen LogP contribution >= 0.6 is 11.6 Å². The highest BCUT2D eigenvalue weighted by Crippen LogP contribution is 2.37. The summed E-state index contributed by atoms with van der Waals surface area (Å²) in [6, 6.07) is 12.6. The van der Waals surface area contributed by atoms with Crippen LogP contribution in [0.5, 0.6) is 11.5 Å². The number of methoxy groups -OCH3 is 1. The summed E-state index contributed by atoms with van der Waals surface area (Å²) >= 11 is 6.02. The Balaban J connectivity index is 1.68. The fourth-order valence-electron chi connectivity index (χ4n) is 2.98. The number of fused-ring (bicyclic) bond motifs is 1. The van der Waals surface area contributed by atoms with Crippen molar-refractivity contribution in [3.05, 3.63) is 59.4 Å². The number of halogens is 1. The maximum absolute atomic E-state index is 13.1. The number of rotatable bonds is 3. The first-order valence-corrected chi connectivity index (χ1v) is 8.78. The summed E-state index contributed by atoms with van der Waals surface area (Å²) in [7, 11) is 1.58. The van der Waals surface area contributed by atoms with Gasteiger partial charge in [-0.15, -0.1) is 5.10 Å². The van der Waals surface area contributed by atoms with Crippen molar-refractivity contribution in [1.29, 1.82) is 0 Å². The highest BCUT2D eigenvalue weighted by Gasteiger charge is 2.30. The molecule has 7 nitrogen and oxygen atoms in total. The number of benzene rings is 2. The molecule has 0 aliphatic carbocycles. The topological polar surface area (TPSA) is 69.5 Å². The molecule has 2 aromatic carbocycles. The quantitative estimate of drug-likeness (QED) is 0.692. The summed E-state index contributed by atoms with van der Waals surface area (Å²) in [5, 5.41) is 8.68. The van der Waals surface area contributed by atoms with E-state index in [0.717, 1.165) is 5.69 Å². The van der Waals surface area contributed by atoms with Gasteiger partial charge in [0.2, 0.25) is 0 Å². The van der Waals surface area contributed by atoms with Crippen molar-refractivity contribution in [2.75, 3.05) is 18.6 Å². The zero-order valence-electron chi connectivity index (χ0n) is 14.8. The normalized spacial score (nSPS) is 15.8. The summed E-state index contributed by atoms with van der Waals surface area (Å²) in [5.41, 5.74) is 1.61. The minimum absolute atomic E-state index is 0.141. The molecular formula is C19H17ClN4O3. The van der Waals surface area contributed by atoms with Gasteiger partial charge in [0, 0.05) is 11.1 Å². The number of ether oxygens (including phenoxy) is 2. The lowest BCUT2D eigenvalue weighted by Gasteiger charge is -2.33. The predicted molar refractivity (Wildman–Crippen MR) is 101 cm³/mol. The van der Waals surface area contributed by atoms with Gasteiger partial charge in [-0.2, -0.15) is 0 Å². The van der Waals surface area contributed by atoms with Gasteiger partial charge in [0.1, 0.15) is 17.6 Å².